The van der Waals surface area contributed by atoms with Gasteiger partial charge in [-0.2, -0.15) is 0 Å². The molecule has 2 N–H and O–H groups in total. The number of hydrogen-bond acceptors (Lipinski definition) is 5. The van der Waals surface area contributed by atoms with E-state index in [0.29, 0.717) is 18.8 Å². The van der Waals surface area contributed by atoms with E-state index >= 15 is 0 Å². The van der Waals surface area contributed by atoms with Gasteiger partial charge in [0.2, 0.25) is 5.91 Å². The topological polar surface area (TPSA) is 81.9 Å². The van der Waals surface area contributed by atoms with Crippen LogP contribution in [0.25, 0.3) is 0 Å². The molecule has 1 heterocycles. The third-order valence-electron chi connectivity index (χ3n) is 7.02. The number of benzene rings is 3. The number of esters is 1. The monoisotopic (exact) mass is 500 g/mol. The summed E-state index contributed by atoms with van der Waals surface area (Å²) in [5.74, 6) is -0.801. The molecule has 1 aliphatic heterocycles. The summed E-state index contributed by atoms with van der Waals surface area (Å²) in [4.78, 5) is 27.3. The van der Waals surface area contributed by atoms with Gasteiger partial charge >= 0.3 is 5.97 Å². The van der Waals surface area contributed by atoms with Gasteiger partial charge < -0.3 is 20.1 Å². The number of anilines is 1. The standard InChI is InChI=1S/C31H36N2O4/c1-3-36-31(35)25-14-12-24(13-15-25)29(30(32)34)22(2)27-20-26(37-21-23-10-6-4-7-11-23)16-17-28(27)33-18-8-5-9-19-33/h4,6-7,10-17,20,22,29H,3,5,8-9,18-19,21H2,1-2H3,(H2,32,34). The van der Waals surface area contributed by atoms with E-state index in [0.717, 1.165) is 54.1 Å². The van der Waals surface area contributed by atoms with E-state index < -0.39 is 11.8 Å². The molecule has 37 heavy (non-hydrogen) atoms. The summed E-state index contributed by atoms with van der Waals surface area (Å²) in [5, 5.41) is 0. The minimum atomic E-state index is -0.566. The van der Waals surface area contributed by atoms with Crippen molar-refractivity contribution in [3.8, 4) is 5.75 Å². The Morgan fingerprint density at radius 1 is 0.946 bits per heavy atom. The maximum absolute atomic E-state index is 12.8. The van der Waals surface area contributed by atoms with Crippen LogP contribution in [0.1, 0.15) is 72.0 Å². The van der Waals surface area contributed by atoms with Gasteiger partial charge in [-0.3, -0.25) is 4.79 Å². The summed E-state index contributed by atoms with van der Waals surface area (Å²) in [7, 11) is 0. The van der Waals surface area contributed by atoms with Crippen molar-refractivity contribution in [1.82, 2.24) is 0 Å². The van der Waals surface area contributed by atoms with Gasteiger partial charge in [0, 0.05) is 18.8 Å². The third-order valence-corrected chi connectivity index (χ3v) is 7.02. The summed E-state index contributed by atoms with van der Waals surface area (Å²) < 4.78 is 11.2. The molecule has 1 saturated heterocycles. The first kappa shape index (κ1) is 26.3. The number of amides is 1. The zero-order valence-corrected chi connectivity index (χ0v) is 21.7. The molecular formula is C31H36N2O4. The average Bonchev–Trinajstić information content (AvgIpc) is 2.93. The molecule has 3 aromatic rings. The number of rotatable bonds is 10. The number of nitrogens with two attached hydrogens (primary N) is 1. The molecule has 0 bridgehead atoms. The van der Waals surface area contributed by atoms with Gasteiger partial charge in [-0.05, 0) is 79.1 Å². The van der Waals surface area contributed by atoms with Gasteiger partial charge in [-0.25, -0.2) is 4.79 Å². The smallest absolute Gasteiger partial charge is 0.338 e. The highest BCUT2D eigenvalue weighted by Gasteiger charge is 2.30. The molecular weight excluding hydrogens is 464 g/mol. The lowest BCUT2D eigenvalue weighted by atomic mass is 9.81. The quantitative estimate of drug-likeness (QED) is 0.356. The van der Waals surface area contributed by atoms with Crippen molar-refractivity contribution in [2.45, 2.75) is 51.6 Å². The first-order valence-corrected chi connectivity index (χ1v) is 13.1. The van der Waals surface area contributed by atoms with Gasteiger partial charge in [-0.15, -0.1) is 0 Å². The number of ether oxygens (including phenoxy) is 2. The van der Waals surface area contributed by atoms with E-state index in [4.69, 9.17) is 15.2 Å². The largest absolute Gasteiger partial charge is 0.489 e. The van der Waals surface area contributed by atoms with Crippen LogP contribution in [0, 0.1) is 0 Å². The molecule has 1 aliphatic rings. The molecule has 0 spiro atoms. The van der Waals surface area contributed by atoms with Crippen LogP contribution >= 0.6 is 0 Å². The Morgan fingerprint density at radius 3 is 2.30 bits per heavy atom. The molecule has 6 heteroatoms. The Bertz CT molecular complexity index is 1190. The second-order valence-electron chi connectivity index (χ2n) is 9.55. The summed E-state index contributed by atoms with van der Waals surface area (Å²) >= 11 is 0. The minimum Gasteiger partial charge on any atom is -0.489 e. The van der Waals surface area contributed by atoms with E-state index in [9.17, 15) is 9.59 Å². The molecule has 6 nitrogen and oxygen atoms in total. The summed E-state index contributed by atoms with van der Waals surface area (Å²) in [5.41, 5.74) is 10.4. The van der Waals surface area contributed by atoms with Gasteiger partial charge in [0.1, 0.15) is 12.4 Å². The number of hydrogen-bond donors (Lipinski definition) is 1. The van der Waals surface area contributed by atoms with Crippen LogP contribution in [0.5, 0.6) is 5.75 Å². The van der Waals surface area contributed by atoms with Crippen molar-refractivity contribution in [3.63, 3.8) is 0 Å². The van der Waals surface area contributed by atoms with Crippen molar-refractivity contribution >= 4 is 17.6 Å². The summed E-state index contributed by atoms with van der Waals surface area (Å²) in [6, 6.07) is 23.2. The van der Waals surface area contributed by atoms with Crippen LogP contribution in [-0.2, 0) is 16.1 Å². The molecule has 0 aromatic heterocycles. The van der Waals surface area contributed by atoms with E-state index in [-0.39, 0.29) is 11.9 Å². The number of piperidine rings is 1. The highest BCUT2D eigenvalue weighted by molar-refractivity contribution is 5.90. The maximum Gasteiger partial charge on any atom is 0.338 e. The van der Waals surface area contributed by atoms with E-state index in [1.807, 2.05) is 43.3 Å². The fourth-order valence-corrected chi connectivity index (χ4v) is 5.07. The number of carbonyl (C=O) groups is 2. The number of primary amides is 1. The fourth-order valence-electron chi connectivity index (χ4n) is 5.07. The molecule has 0 radical (unpaired) electrons. The van der Waals surface area contributed by atoms with Crippen LogP contribution in [0.4, 0.5) is 5.69 Å². The minimum absolute atomic E-state index is 0.205. The fraction of sp³-hybridized carbons (Fsp3) is 0.355. The molecule has 1 amide bonds. The Hall–Kier alpha value is -3.80. The molecule has 2 unspecified atom stereocenters. The normalized spacial score (nSPS) is 15.0. The van der Waals surface area contributed by atoms with Crippen molar-refractivity contribution < 1.29 is 19.1 Å². The maximum atomic E-state index is 12.8. The molecule has 0 saturated carbocycles. The Kier molecular flexibility index (Phi) is 8.83. The third kappa shape index (κ3) is 6.50. The van der Waals surface area contributed by atoms with Gasteiger partial charge in [0.25, 0.3) is 0 Å². The van der Waals surface area contributed by atoms with Gasteiger partial charge in [0.15, 0.2) is 0 Å². The summed E-state index contributed by atoms with van der Waals surface area (Å²) in [6.45, 7) is 6.56. The molecule has 3 aromatic carbocycles. The first-order valence-electron chi connectivity index (χ1n) is 13.1. The van der Waals surface area contributed by atoms with Crippen molar-refractivity contribution in [2.24, 2.45) is 5.73 Å². The second kappa shape index (κ2) is 12.4. The summed E-state index contributed by atoms with van der Waals surface area (Å²) in [6.07, 6.45) is 3.53. The highest BCUT2D eigenvalue weighted by atomic mass is 16.5. The molecule has 1 fully saturated rings. The SMILES string of the molecule is CCOC(=O)c1ccc(C(C(N)=O)C(C)c2cc(OCc3ccccc3)ccc2N2CCCCC2)cc1. The Balaban J connectivity index is 1.66. The van der Waals surface area contributed by atoms with E-state index in [2.05, 4.69) is 17.0 Å². The lowest BCUT2D eigenvalue weighted by molar-refractivity contribution is -0.119. The first-order chi connectivity index (χ1) is 18.0. The van der Waals surface area contributed by atoms with E-state index in [1.54, 1.807) is 31.2 Å². The van der Waals surface area contributed by atoms with Gasteiger partial charge in [-0.1, -0.05) is 49.4 Å². The van der Waals surface area contributed by atoms with Crippen LogP contribution in [0.3, 0.4) is 0 Å². The van der Waals surface area contributed by atoms with Crippen molar-refractivity contribution in [3.05, 3.63) is 95.1 Å². The van der Waals surface area contributed by atoms with Crippen LogP contribution in [0.2, 0.25) is 0 Å². The van der Waals surface area contributed by atoms with Gasteiger partial charge in [0.05, 0.1) is 18.1 Å². The van der Waals surface area contributed by atoms with Crippen molar-refractivity contribution in [2.75, 3.05) is 24.6 Å². The van der Waals surface area contributed by atoms with Crippen LogP contribution in [-0.4, -0.2) is 31.6 Å². The molecule has 4 rings (SSSR count). The second-order valence-corrected chi connectivity index (χ2v) is 9.55. The number of carbonyl (C=O) groups excluding carboxylic acids is 2. The average molecular weight is 501 g/mol. The van der Waals surface area contributed by atoms with Crippen LogP contribution < -0.4 is 15.4 Å². The predicted molar refractivity (Wildman–Crippen MR) is 146 cm³/mol. The highest BCUT2D eigenvalue weighted by Crippen LogP contribution is 2.40. The zero-order valence-electron chi connectivity index (χ0n) is 21.7. The number of nitrogens with zero attached hydrogens (tertiary/aromatic N) is 1. The van der Waals surface area contributed by atoms with Crippen LogP contribution in [0.15, 0.2) is 72.8 Å². The molecule has 0 aliphatic carbocycles. The lowest BCUT2D eigenvalue weighted by Gasteiger charge is -2.33. The molecule has 194 valence electrons. The molecule has 2 atom stereocenters. The Morgan fingerprint density at radius 2 is 1.65 bits per heavy atom. The zero-order chi connectivity index (χ0) is 26.2. The predicted octanol–water partition coefficient (Wildman–Crippen LogP) is 5.81. The van der Waals surface area contributed by atoms with Crippen molar-refractivity contribution in [1.29, 1.82) is 0 Å². The van der Waals surface area contributed by atoms with E-state index in [1.165, 1.54) is 6.42 Å². The Labute approximate surface area is 219 Å². The lowest BCUT2D eigenvalue weighted by Crippen LogP contribution is -2.32.